The molecule has 0 aliphatic heterocycles. The zero-order valence-electron chi connectivity index (χ0n) is 9.96. The van der Waals surface area contributed by atoms with Crippen LogP contribution in [0.5, 0.6) is 0 Å². The summed E-state index contributed by atoms with van der Waals surface area (Å²) >= 11 is 6.98. The quantitative estimate of drug-likeness (QED) is 0.685. The Balaban J connectivity index is 2.39. The standard InChI is InChI=1S/C12H10ClN3O2S/c1-14-9-3-2-4-10(12(9)16(17)18)19-11-6-5-8(13)7-15-11/h2-7,14H,1H3. The summed E-state index contributed by atoms with van der Waals surface area (Å²) in [6, 6.07) is 8.54. The van der Waals surface area contributed by atoms with E-state index in [0.717, 1.165) is 0 Å². The number of halogens is 1. The van der Waals surface area contributed by atoms with Gasteiger partial charge in [0, 0.05) is 13.2 Å². The van der Waals surface area contributed by atoms with Gasteiger partial charge in [-0.3, -0.25) is 10.1 Å². The Hall–Kier alpha value is -1.79. The second-order valence-electron chi connectivity index (χ2n) is 3.58. The molecule has 0 radical (unpaired) electrons. The lowest BCUT2D eigenvalue weighted by Crippen LogP contribution is -1.98. The van der Waals surface area contributed by atoms with Crippen molar-refractivity contribution in [3.63, 3.8) is 0 Å². The van der Waals surface area contributed by atoms with E-state index in [9.17, 15) is 10.1 Å². The number of hydrogen-bond donors (Lipinski definition) is 1. The number of anilines is 1. The summed E-state index contributed by atoms with van der Waals surface area (Å²) in [5, 5.41) is 15.2. The molecule has 2 aromatic rings. The minimum atomic E-state index is -0.399. The van der Waals surface area contributed by atoms with Crippen LogP contribution >= 0.6 is 23.4 Å². The molecule has 0 amide bonds. The molecule has 5 nitrogen and oxygen atoms in total. The molecule has 0 aliphatic rings. The zero-order chi connectivity index (χ0) is 13.8. The van der Waals surface area contributed by atoms with Gasteiger partial charge >= 0.3 is 5.69 Å². The summed E-state index contributed by atoms with van der Waals surface area (Å²) in [6.45, 7) is 0. The molecule has 0 saturated heterocycles. The van der Waals surface area contributed by atoms with Gasteiger partial charge in [0.05, 0.1) is 14.8 Å². The van der Waals surface area contributed by atoms with Crippen LogP contribution in [0.4, 0.5) is 11.4 Å². The Morgan fingerprint density at radius 1 is 1.37 bits per heavy atom. The van der Waals surface area contributed by atoms with Gasteiger partial charge in [-0.2, -0.15) is 0 Å². The van der Waals surface area contributed by atoms with E-state index in [-0.39, 0.29) is 5.69 Å². The first-order chi connectivity index (χ1) is 9.11. The van der Waals surface area contributed by atoms with Gasteiger partial charge in [-0.25, -0.2) is 4.98 Å². The van der Waals surface area contributed by atoms with Crippen molar-refractivity contribution >= 4 is 34.7 Å². The Kier molecular flexibility index (Phi) is 4.24. The van der Waals surface area contributed by atoms with Crippen LogP contribution in [0.2, 0.25) is 5.02 Å². The van der Waals surface area contributed by atoms with E-state index < -0.39 is 4.92 Å². The van der Waals surface area contributed by atoms with E-state index in [1.165, 1.54) is 18.0 Å². The third kappa shape index (κ3) is 3.15. The molecule has 0 atom stereocenters. The van der Waals surface area contributed by atoms with E-state index >= 15 is 0 Å². The van der Waals surface area contributed by atoms with E-state index in [1.807, 2.05) is 0 Å². The van der Waals surface area contributed by atoms with Crippen LogP contribution in [0.1, 0.15) is 0 Å². The maximum absolute atomic E-state index is 11.2. The van der Waals surface area contributed by atoms with Crippen molar-refractivity contribution in [2.24, 2.45) is 0 Å². The minimum absolute atomic E-state index is 0.0479. The highest BCUT2D eigenvalue weighted by molar-refractivity contribution is 7.99. The number of hydrogen-bond acceptors (Lipinski definition) is 5. The number of aromatic nitrogens is 1. The molecule has 0 spiro atoms. The number of nitrogens with zero attached hydrogens (tertiary/aromatic N) is 2. The summed E-state index contributed by atoms with van der Waals surface area (Å²) in [5.74, 6) is 0. The van der Waals surface area contributed by atoms with Gasteiger partial charge in [0.15, 0.2) is 0 Å². The summed E-state index contributed by atoms with van der Waals surface area (Å²) in [6.07, 6.45) is 1.51. The van der Waals surface area contributed by atoms with Gasteiger partial charge in [-0.05, 0) is 24.3 Å². The number of pyridine rings is 1. The van der Waals surface area contributed by atoms with Crippen molar-refractivity contribution in [3.05, 3.63) is 51.7 Å². The molecule has 0 saturated carbocycles. The Morgan fingerprint density at radius 3 is 2.74 bits per heavy atom. The normalized spacial score (nSPS) is 10.2. The van der Waals surface area contributed by atoms with Crippen LogP contribution in [-0.2, 0) is 0 Å². The average molecular weight is 296 g/mol. The molecule has 98 valence electrons. The van der Waals surface area contributed by atoms with Gasteiger partial charge < -0.3 is 5.32 Å². The molecule has 0 aliphatic carbocycles. The van der Waals surface area contributed by atoms with Crippen molar-refractivity contribution in [2.75, 3.05) is 12.4 Å². The van der Waals surface area contributed by atoms with Crippen molar-refractivity contribution in [1.29, 1.82) is 0 Å². The van der Waals surface area contributed by atoms with E-state index in [2.05, 4.69) is 10.3 Å². The summed E-state index contributed by atoms with van der Waals surface area (Å²) in [4.78, 5) is 15.4. The van der Waals surface area contributed by atoms with Gasteiger partial charge in [0.25, 0.3) is 0 Å². The maximum atomic E-state index is 11.2. The van der Waals surface area contributed by atoms with Crippen LogP contribution in [0.25, 0.3) is 0 Å². The smallest absolute Gasteiger partial charge is 0.306 e. The predicted molar refractivity (Wildman–Crippen MR) is 76.0 cm³/mol. The molecule has 1 aromatic carbocycles. The fourth-order valence-corrected chi connectivity index (χ4v) is 2.54. The molecule has 0 unspecified atom stereocenters. The van der Waals surface area contributed by atoms with E-state index in [1.54, 1.807) is 37.4 Å². The molecule has 2 rings (SSSR count). The summed E-state index contributed by atoms with van der Waals surface area (Å²) in [5.41, 5.74) is 0.524. The fraction of sp³-hybridized carbons (Fsp3) is 0.0833. The van der Waals surface area contributed by atoms with E-state index in [4.69, 9.17) is 11.6 Å². The molecule has 1 heterocycles. The first kappa shape index (κ1) is 13.6. The molecule has 19 heavy (non-hydrogen) atoms. The molecular formula is C12H10ClN3O2S. The van der Waals surface area contributed by atoms with Crippen molar-refractivity contribution in [3.8, 4) is 0 Å². The van der Waals surface area contributed by atoms with Crippen LogP contribution in [-0.4, -0.2) is 17.0 Å². The second-order valence-corrected chi connectivity index (χ2v) is 5.07. The number of nitrogens with one attached hydrogen (secondary N) is 1. The minimum Gasteiger partial charge on any atom is -0.383 e. The van der Waals surface area contributed by atoms with E-state index in [0.29, 0.717) is 20.6 Å². The summed E-state index contributed by atoms with van der Waals surface area (Å²) in [7, 11) is 1.65. The lowest BCUT2D eigenvalue weighted by molar-refractivity contribution is -0.386. The van der Waals surface area contributed by atoms with Crippen molar-refractivity contribution < 1.29 is 4.92 Å². The molecule has 0 bridgehead atoms. The van der Waals surface area contributed by atoms with Crippen LogP contribution < -0.4 is 5.32 Å². The first-order valence-electron chi connectivity index (χ1n) is 5.36. The molecular weight excluding hydrogens is 286 g/mol. The number of nitro benzene ring substituents is 1. The van der Waals surface area contributed by atoms with Gasteiger partial charge in [-0.15, -0.1) is 0 Å². The first-order valence-corrected chi connectivity index (χ1v) is 6.56. The summed E-state index contributed by atoms with van der Waals surface area (Å²) < 4.78 is 0. The van der Waals surface area contributed by atoms with Crippen LogP contribution in [0.15, 0.2) is 46.5 Å². The topological polar surface area (TPSA) is 68.1 Å². The van der Waals surface area contributed by atoms with Gasteiger partial charge in [0.2, 0.25) is 0 Å². The zero-order valence-corrected chi connectivity index (χ0v) is 11.5. The van der Waals surface area contributed by atoms with Crippen LogP contribution in [0.3, 0.4) is 0 Å². The highest BCUT2D eigenvalue weighted by Gasteiger charge is 2.19. The monoisotopic (exact) mass is 295 g/mol. The van der Waals surface area contributed by atoms with Crippen molar-refractivity contribution in [1.82, 2.24) is 4.98 Å². The van der Waals surface area contributed by atoms with Crippen LogP contribution in [0, 0.1) is 10.1 Å². The average Bonchev–Trinajstić information content (AvgIpc) is 2.40. The molecule has 1 aromatic heterocycles. The Bertz CT molecular complexity index is 604. The third-order valence-corrected chi connectivity index (χ3v) is 3.59. The third-order valence-electron chi connectivity index (χ3n) is 2.37. The second kappa shape index (κ2) is 5.90. The number of nitro groups is 1. The maximum Gasteiger partial charge on any atom is 0.306 e. The molecule has 7 heteroatoms. The highest BCUT2D eigenvalue weighted by atomic mass is 35.5. The number of para-hydroxylation sites is 1. The Morgan fingerprint density at radius 2 is 2.16 bits per heavy atom. The SMILES string of the molecule is CNc1cccc(Sc2ccc(Cl)cn2)c1[N+](=O)[O-]. The highest BCUT2D eigenvalue weighted by Crippen LogP contribution is 2.38. The molecule has 0 fully saturated rings. The predicted octanol–water partition coefficient (Wildman–Crippen LogP) is 3.84. The lowest BCUT2D eigenvalue weighted by Gasteiger charge is -2.06. The number of rotatable bonds is 4. The largest absolute Gasteiger partial charge is 0.383 e. The number of benzene rings is 1. The Labute approximate surface area is 119 Å². The molecule has 1 N–H and O–H groups in total. The van der Waals surface area contributed by atoms with Crippen molar-refractivity contribution in [2.45, 2.75) is 9.92 Å². The van der Waals surface area contributed by atoms with Gasteiger partial charge in [-0.1, -0.05) is 29.4 Å². The fourth-order valence-electron chi connectivity index (χ4n) is 1.53. The van der Waals surface area contributed by atoms with Gasteiger partial charge in [0.1, 0.15) is 10.7 Å². The lowest BCUT2D eigenvalue weighted by atomic mass is 10.3.